The van der Waals surface area contributed by atoms with Crippen LogP contribution in [0.3, 0.4) is 0 Å². The van der Waals surface area contributed by atoms with Gasteiger partial charge in [0.05, 0.1) is 5.56 Å². The Morgan fingerprint density at radius 3 is 2.60 bits per heavy atom. The molecular weight excluding hydrogens is 321 g/mol. The maximum absolute atomic E-state index is 13.8. The Morgan fingerprint density at radius 2 is 1.84 bits per heavy atom. The standard InChI is InChI=1S/C19H18FN3O2/c20-15-6-2-1-5-14(15)18(24)23-11-9-13(10-12-23)21-19-22-16-7-3-4-8-17(16)25-19/h1-8,13H,9-12H2,(H,21,22). The molecule has 1 fully saturated rings. The number of piperidine rings is 1. The molecule has 1 amide bonds. The number of hydrogen-bond donors (Lipinski definition) is 1. The average Bonchev–Trinajstić information content (AvgIpc) is 3.04. The molecule has 1 saturated heterocycles. The van der Waals surface area contributed by atoms with Crippen molar-refractivity contribution in [1.29, 1.82) is 0 Å². The van der Waals surface area contributed by atoms with Gasteiger partial charge in [0.2, 0.25) is 0 Å². The fourth-order valence-corrected chi connectivity index (χ4v) is 3.14. The number of likely N-dealkylation sites (tertiary alicyclic amines) is 1. The topological polar surface area (TPSA) is 58.4 Å². The van der Waals surface area contributed by atoms with Crippen LogP contribution in [0.15, 0.2) is 52.9 Å². The molecule has 6 heteroatoms. The maximum Gasteiger partial charge on any atom is 0.295 e. The molecule has 1 aliphatic heterocycles. The largest absolute Gasteiger partial charge is 0.424 e. The van der Waals surface area contributed by atoms with Gasteiger partial charge in [-0.15, -0.1) is 0 Å². The lowest BCUT2D eigenvalue weighted by molar-refractivity contribution is 0.0713. The first-order chi connectivity index (χ1) is 12.2. The number of carbonyl (C=O) groups excluding carboxylic acids is 1. The first-order valence-corrected chi connectivity index (χ1v) is 8.36. The third-order valence-corrected chi connectivity index (χ3v) is 4.51. The molecule has 0 bridgehead atoms. The molecule has 0 aliphatic carbocycles. The van der Waals surface area contributed by atoms with E-state index in [1.54, 1.807) is 17.0 Å². The summed E-state index contributed by atoms with van der Waals surface area (Å²) in [6.07, 6.45) is 1.53. The van der Waals surface area contributed by atoms with Gasteiger partial charge in [0, 0.05) is 19.1 Å². The molecule has 0 radical (unpaired) electrons. The lowest BCUT2D eigenvalue weighted by atomic mass is 10.0. The van der Waals surface area contributed by atoms with Crippen LogP contribution in [0.5, 0.6) is 0 Å². The van der Waals surface area contributed by atoms with Gasteiger partial charge >= 0.3 is 0 Å². The van der Waals surface area contributed by atoms with Crippen LogP contribution in [-0.4, -0.2) is 34.9 Å². The van der Waals surface area contributed by atoms with E-state index in [4.69, 9.17) is 4.42 Å². The summed E-state index contributed by atoms with van der Waals surface area (Å²) in [4.78, 5) is 18.5. The van der Waals surface area contributed by atoms with Gasteiger partial charge in [-0.1, -0.05) is 24.3 Å². The van der Waals surface area contributed by atoms with Crippen molar-refractivity contribution in [2.24, 2.45) is 0 Å². The summed E-state index contributed by atoms with van der Waals surface area (Å²) in [7, 11) is 0. The van der Waals surface area contributed by atoms with Crippen molar-refractivity contribution in [2.75, 3.05) is 18.4 Å². The molecule has 1 aliphatic rings. The van der Waals surface area contributed by atoms with E-state index in [1.807, 2.05) is 24.3 Å². The van der Waals surface area contributed by atoms with E-state index in [-0.39, 0.29) is 17.5 Å². The highest BCUT2D eigenvalue weighted by molar-refractivity contribution is 5.94. The Hall–Kier alpha value is -2.89. The van der Waals surface area contributed by atoms with Crippen LogP contribution in [0.25, 0.3) is 11.1 Å². The number of nitrogens with one attached hydrogen (secondary N) is 1. The Morgan fingerprint density at radius 1 is 1.12 bits per heavy atom. The Labute approximate surface area is 144 Å². The second-order valence-electron chi connectivity index (χ2n) is 6.18. The molecule has 25 heavy (non-hydrogen) atoms. The maximum atomic E-state index is 13.8. The summed E-state index contributed by atoms with van der Waals surface area (Å²) < 4.78 is 19.5. The number of nitrogens with zero attached hydrogens (tertiary/aromatic N) is 2. The molecule has 1 aromatic heterocycles. The zero-order chi connectivity index (χ0) is 17.2. The zero-order valence-electron chi connectivity index (χ0n) is 13.6. The smallest absolute Gasteiger partial charge is 0.295 e. The molecule has 0 atom stereocenters. The van der Waals surface area contributed by atoms with E-state index in [9.17, 15) is 9.18 Å². The highest BCUT2D eigenvalue weighted by Gasteiger charge is 2.25. The number of fused-ring (bicyclic) bond motifs is 1. The van der Waals surface area contributed by atoms with Crippen LogP contribution >= 0.6 is 0 Å². The first-order valence-electron chi connectivity index (χ1n) is 8.36. The quantitative estimate of drug-likeness (QED) is 0.791. The third kappa shape index (κ3) is 3.20. The van der Waals surface area contributed by atoms with Gasteiger partial charge in [-0.25, -0.2) is 4.39 Å². The van der Waals surface area contributed by atoms with Crippen LogP contribution in [0.2, 0.25) is 0 Å². The molecule has 128 valence electrons. The van der Waals surface area contributed by atoms with Gasteiger partial charge < -0.3 is 14.6 Å². The predicted octanol–water partition coefficient (Wildman–Crippen LogP) is 3.68. The van der Waals surface area contributed by atoms with Gasteiger partial charge in [-0.2, -0.15) is 4.98 Å². The lowest BCUT2D eigenvalue weighted by Crippen LogP contribution is -2.42. The van der Waals surface area contributed by atoms with Crippen molar-refractivity contribution in [3.05, 3.63) is 59.9 Å². The number of carbonyl (C=O) groups is 1. The number of anilines is 1. The van der Waals surface area contributed by atoms with Crippen LogP contribution in [0, 0.1) is 5.82 Å². The fraction of sp³-hybridized carbons (Fsp3) is 0.263. The van der Waals surface area contributed by atoms with Gasteiger partial charge in [-0.3, -0.25) is 4.79 Å². The SMILES string of the molecule is O=C(c1ccccc1F)N1CCC(Nc2nc3ccccc3o2)CC1. The van der Waals surface area contributed by atoms with E-state index < -0.39 is 5.82 Å². The number of oxazole rings is 1. The van der Waals surface area contributed by atoms with Crippen molar-refractivity contribution in [3.8, 4) is 0 Å². The molecule has 1 N–H and O–H groups in total. The number of benzene rings is 2. The second-order valence-corrected chi connectivity index (χ2v) is 6.18. The summed E-state index contributed by atoms with van der Waals surface area (Å²) in [5.74, 6) is -0.724. The molecule has 0 spiro atoms. The first kappa shape index (κ1) is 15.6. The number of amides is 1. The summed E-state index contributed by atoms with van der Waals surface area (Å²) in [6, 6.07) is 14.4. The number of rotatable bonds is 3. The zero-order valence-corrected chi connectivity index (χ0v) is 13.6. The van der Waals surface area contributed by atoms with Crippen LogP contribution in [-0.2, 0) is 0 Å². The monoisotopic (exact) mass is 339 g/mol. The molecule has 3 aromatic rings. The molecule has 2 heterocycles. The van der Waals surface area contributed by atoms with Gasteiger partial charge in [0.1, 0.15) is 11.3 Å². The van der Waals surface area contributed by atoms with E-state index in [0.29, 0.717) is 19.1 Å². The van der Waals surface area contributed by atoms with Crippen LogP contribution < -0.4 is 5.32 Å². The van der Waals surface area contributed by atoms with Crippen molar-refractivity contribution in [1.82, 2.24) is 9.88 Å². The molecule has 5 nitrogen and oxygen atoms in total. The Kier molecular flexibility index (Phi) is 4.09. The molecule has 4 rings (SSSR count). The number of hydrogen-bond acceptors (Lipinski definition) is 4. The van der Waals surface area contributed by atoms with Crippen LogP contribution in [0.4, 0.5) is 10.4 Å². The molecule has 0 unspecified atom stereocenters. The highest BCUT2D eigenvalue weighted by atomic mass is 19.1. The number of aromatic nitrogens is 1. The van der Waals surface area contributed by atoms with Crippen LogP contribution in [0.1, 0.15) is 23.2 Å². The van der Waals surface area contributed by atoms with E-state index in [0.717, 1.165) is 23.9 Å². The fourth-order valence-electron chi connectivity index (χ4n) is 3.14. The average molecular weight is 339 g/mol. The minimum Gasteiger partial charge on any atom is -0.424 e. The third-order valence-electron chi connectivity index (χ3n) is 4.51. The Balaban J connectivity index is 1.38. The van der Waals surface area contributed by atoms with Crippen molar-refractivity contribution < 1.29 is 13.6 Å². The number of halogens is 1. The summed E-state index contributed by atoms with van der Waals surface area (Å²) in [6.45, 7) is 1.15. The molecule has 0 saturated carbocycles. The second kappa shape index (κ2) is 6.55. The Bertz CT molecular complexity index is 867. The number of para-hydroxylation sites is 2. The van der Waals surface area contributed by atoms with Crippen molar-refractivity contribution in [2.45, 2.75) is 18.9 Å². The summed E-state index contributed by atoms with van der Waals surface area (Å²) in [5, 5.41) is 3.29. The minimum absolute atomic E-state index is 0.132. The van der Waals surface area contributed by atoms with E-state index >= 15 is 0 Å². The van der Waals surface area contributed by atoms with Gasteiger partial charge in [-0.05, 0) is 37.1 Å². The van der Waals surface area contributed by atoms with Crippen molar-refractivity contribution >= 4 is 23.0 Å². The summed E-state index contributed by atoms with van der Waals surface area (Å²) >= 11 is 0. The van der Waals surface area contributed by atoms with E-state index in [1.165, 1.54) is 12.1 Å². The summed E-state index contributed by atoms with van der Waals surface area (Å²) in [5.41, 5.74) is 1.70. The lowest BCUT2D eigenvalue weighted by Gasteiger charge is -2.32. The molecular formula is C19H18FN3O2. The van der Waals surface area contributed by atoms with Crippen molar-refractivity contribution in [3.63, 3.8) is 0 Å². The highest BCUT2D eigenvalue weighted by Crippen LogP contribution is 2.22. The predicted molar refractivity (Wildman–Crippen MR) is 93.0 cm³/mol. The normalized spacial score (nSPS) is 15.5. The molecule has 2 aromatic carbocycles. The van der Waals surface area contributed by atoms with E-state index in [2.05, 4.69) is 10.3 Å². The van der Waals surface area contributed by atoms with Gasteiger partial charge in [0.25, 0.3) is 11.9 Å². The van der Waals surface area contributed by atoms with Gasteiger partial charge in [0.15, 0.2) is 5.58 Å². The minimum atomic E-state index is -0.473.